The van der Waals surface area contributed by atoms with E-state index in [0.717, 1.165) is 17.1 Å². The monoisotopic (exact) mass is 275 g/mol. The van der Waals surface area contributed by atoms with E-state index < -0.39 is 0 Å². The molecule has 0 unspecified atom stereocenters. The van der Waals surface area contributed by atoms with Crippen LogP contribution in [0.1, 0.15) is 36.5 Å². The van der Waals surface area contributed by atoms with E-state index in [0.29, 0.717) is 5.15 Å². The van der Waals surface area contributed by atoms with Crippen LogP contribution in [0.15, 0.2) is 24.5 Å². The molecule has 1 aromatic carbocycles. The highest BCUT2D eigenvalue weighted by molar-refractivity contribution is 6.30. The standard InChI is InChI=1S/C15H18ClN3/c1-9(2)13-14(16)17-8-18-15(13)19-12-6-5-10(3)11(4)7-12/h5-9H,1-4H3,(H,17,18,19). The second-order valence-corrected chi connectivity index (χ2v) is 5.36. The molecule has 0 aliphatic heterocycles. The van der Waals surface area contributed by atoms with Crippen LogP contribution in [0, 0.1) is 13.8 Å². The Balaban J connectivity index is 2.38. The zero-order chi connectivity index (χ0) is 14.0. The topological polar surface area (TPSA) is 37.8 Å². The van der Waals surface area contributed by atoms with Crippen LogP contribution < -0.4 is 5.32 Å². The van der Waals surface area contributed by atoms with Crippen molar-refractivity contribution in [2.45, 2.75) is 33.6 Å². The molecule has 0 radical (unpaired) electrons. The van der Waals surface area contributed by atoms with Gasteiger partial charge in [-0.25, -0.2) is 9.97 Å². The van der Waals surface area contributed by atoms with Crippen molar-refractivity contribution in [3.05, 3.63) is 46.4 Å². The fourth-order valence-corrected chi connectivity index (χ4v) is 2.29. The minimum Gasteiger partial charge on any atom is -0.340 e. The van der Waals surface area contributed by atoms with E-state index >= 15 is 0 Å². The average Bonchev–Trinajstić information content (AvgIpc) is 2.33. The van der Waals surface area contributed by atoms with Gasteiger partial charge < -0.3 is 5.32 Å². The Morgan fingerprint density at radius 2 is 1.84 bits per heavy atom. The Labute approximate surface area is 119 Å². The lowest BCUT2D eigenvalue weighted by Gasteiger charge is -2.15. The Bertz CT molecular complexity index is 594. The van der Waals surface area contributed by atoms with Crippen LogP contribution in [0.4, 0.5) is 11.5 Å². The fraction of sp³-hybridized carbons (Fsp3) is 0.333. The average molecular weight is 276 g/mol. The zero-order valence-electron chi connectivity index (χ0n) is 11.7. The molecule has 0 saturated carbocycles. The van der Waals surface area contributed by atoms with E-state index in [1.807, 2.05) is 6.07 Å². The van der Waals surface area contributed by atoms with Crippen LogP contribution in [0.3, 0.4) is 0 Å². The second kappa shape index (κ2) is 5.57. The third kappa shape index (κ3) is 3.04. The Hall–Kier alpha value is -1.61. The molecule has 100 valence electrons. The summed E-state index contributed by atoms with van der Waals surface area (Å²) in [7, 11) is 0. The van der Waals surface area contributed by atoms with E-state index in [2.05, 4.69) is 55.1 Å². The van der Waals surface area contributed by atoms with Gasteiger partial charge in [0.2, 0.25) is 0 Å². The molecule has 0 saturated heterocycles. The predicted octanol–water partition coefficient (Wildman–Crippen LogP) is 4.61. The molecule has 4 heteroatoms. The van der Waals surface area contributed by atoms with Crippen LogP contribution in [-0.4, -0.2) is 9.97 Å². The van der Waals surface area contributed by atoms with Gasteiger partial charge in [0.15, 0.2) is 0 Å². The molecule has 2 aromatic rings. The molecular formula is C15H18ClN3. The predicted molar refractivity (Wildman–Crippen MR) is 80.3 cm³/mol. The summed E-state index contributed by atoms with van der Waals surface area (Å²) in [5, 5.41) is 3.84. The van der Waals surface area contributed by atoms with Crippen molar-refractivity contribution in [2.75, 3.05) is 5.32 Å². The minimum atomic E-state index is 0.266. The van der Waals surface area contributed by atoms with Gasteiger partial charge in [0.25, 0.3) is 0 Å². The maximum absolute atomic E-state index is 6.16. The number of nitrogens with one attached hydrogen (secondary N) is 1. The van der Waals surface area contributed by atoms with Gasteiger partial charge in [0.05, 0.1) is 0 Å². The molecule has 19 heavy (non-hydrogen) atoms. The molecule has 3 nitrogen and oxygen atoms in total. The smallest absolute Gasteiger partial charge is 0.138 e. The van der Waals surface area contributed by atoms with Gasteiger partial charge in [-0.3, -0.25) is 0 Å². The molecule has 0 aliphatic rings. The van der Waals surface area contributed by atoms with Gasteiger partial charge in [0.1, 0.15) is 17.3 Å². The van der Waals surface area contributed by atoms with Gasteiger partial charge in [-0.15, -0.1) is 0 Å². The highest BCUT2D eigenvalue weighted by Crippen LogP contribution is 2.30. The first-order chi connectivity index (χ1) is 8.99. The van der Waals surface area contributed by atoms with Crippen molar-refractivity contribution in [1.29, 1.82) is 0 Å². The van der Waals surface area contributed by atoms with Crippen LogP contribution in [0.5, 0.6) is 0 Å². The highest BCUT2D eigenvalue weighted by atomic mass is 35.5. The number of rotatable bonds is 3. The first-order valence-corrected chi connectivity index (χ1v) is 6.71. The number of aryl methyl sites for hydroxylation is 2. The van der Waals surface area contributed by atoms with E-state index in [-0.39, 0.29) is 5.92 Å². The van der Waals surface area contributed by atoms with E-state index in [9.17, 15) is 0 Å². The summed E-state index contributed by atoms with van der Waals surface area (Å²) in [5.74, 6) is 1.04. The molecule has 0 fully saturated rings. The van der Waals surface area contributed by atoms with Crippen molar-refractivity contribution in [2.24, 2.45) is 0 Å². The molecule has 0 aliphatic carbocycles. The fourth-order valence-electron chi connectivity index (χ4n) is 1.94. The Morgan fingerprint density at radius 1 is 1.11 bits per heavy atom. The van der Waals surface area contributed by atoms with Crippen molar-refractivity contribution in [1.82, 2.24) is 9.97 Å². The number of aromatic nitrogens is 2. The summed E-state index contributed by atoms with van der Waals surface area (Å²) in [6.45, 7) is 8.35. The normalized spacial score (nSPS) is 10.8. The van der Waals surface area contributed by atoms with E-state index in [4.69, 9.17) is 11.6 Å². The lowest BCUT2D eigenvalue weighted by molar-refractivity contribution is 0.850. The summed E-state index contributed by atoms with van der Waals surface area (Å²) in [6, 6.07) is 6.24. The second-order valence-electron chi connectivity index (χ2n) is 5.01. The summed E-state index contributed by atoms with van der Waals surface area (Å²) in [5.41, 5.74) is 4.48. The largest absolute Gasteiger partial charge is 0.340 e. The van der Waals surface area contributed by atoms with Crippen molar-refractivity contribution in [3.63, 3.8) is 0 Å². The van der Waals surface area contributed by atoms with E-state index in [1.165, 1.54) is 17.5 Å². The van der Waals surface area contributed by atoms with Crippen LogP contribution in [0.2, 0.25) is 5.15 Å². The number of hydrogen-bond donors (Lipinski definition) is 1. The Morgan fingerprint density at radius 3 is 2.47 bits per heavy atom. The summed E-state index contributed by atoms with van der Waals surface area (Å²) >= 11 is 6.16. The third-order valence-electron chi connectivity index (χ3n) is 3.18. The molecule has 0 atom stereocenters. The van der Waals surface area contributed by atoms with Crippen molar-refractivity contribution >= 4 is 23.1 Å². The van der Waals surface area contributed by atoms with Gasteiger partial charge >= 0.3 is 0 Å². The zero-order valence-corrected chi connectivity index (χ0v) is 12.4. The molecule has 0 amide bonds. The number of benzene rings is 1. The quantitative estimate of drug-likeness (QED) is 0.831. The van der Waals surface area contributed by atoms with Gasteiger partial charge in [-0.2, -0.15) is 0 Å². The summed E-state index contributed by atoms with van der Waals surface area (Å²) < 4.78 is 0. The first kappa shape index (κ1) is 13.8. The number of nitrogens with zero attached hydrogens (tertiary/aromatic N) is 2. The third-order valence-corrected chi connectivity index (χ3v) is 3.48. The molecule has 2 rings (SSSR count). The Kier molecular flexibility index (Phi) is 4.05. The number of anilines is 2. The summed E-state index contributed by atoms with van der Waals surface area (Å²) in [4.78, 5) is 8.35. The molecule has 0 bridgehead atoms. The minimum absolute atomic E-state index is 0.266. The first-order valence-electron chi connectivity index (χ1n) is 6.33. The summed E-state index contributed by atoms with van der Waals surface area (Å²) in [6.07, 6.45) is 1.48. The molecule has 1 heterocycles. The molecule has 1 N–H and O–H groups in total. The maximum Gasteiger partial charge on any atom is 0.138 e. The number of hydrogen-bond acceptors (Lipinski definition) is 3. The van der Waals surface area contributed by atoms with Gasteiger partial charge in [-0.05, 0) is 43.0 Å². The van der Waals surface area contributed by atoms with Crippen LogP contribution in [-0.2, 0) is 0 Å². The molecule has 0 spiro atoms. The lowest BCUT2D eigenvalue weighted by Crippen LogP contribution is -2.03. The van der Waals surface area contributed by atoms with E-state index in [1.54, 1.807) is 0 Å². The molecular weight excluding hydrogens is 258 g/mol. The van der Waals surface area contributed by atoms with Crippen LogP contribution in [0.25, 0.3) is 0 Å². The van der Waals surface area contributed by atoms with Crippen molar-refractivity contribution in [3.8, 4) is 0 Å². The van der Waals surface area contributed by atoms with Crippen molar-refractivity contribution < 1.29 is 0 Å². The lowest BCUT2D eigenvalue weighted by atomic mass is 10.1. The number of halogens is 1. The van der Waals surface area contributed by atoms with Crippen LogP contribution >= 0.6 is 11.6 Å². The van der Waals surface area contributed by atoms with Gasteiger partial charge in [0, 0.05) is 11.3 Å². The highest BCUT2D eigenvalue weighted by Gasteiger charge is 2.13. The molecule has 1 aromatic heterocycles. The van der Waals surface area contributed by atoms with Gasteiger partial charge in [-0.1, -0.05) is 31.5 Å². The maximum atomic E-state index is 6.16. The SMILES string of the molecule is Cc1ccc(Nc2ncnc(Cl)c2C(C)C)cc1C.